The van der Waals surface area contributed by atoms with Crippen LogP contribution in [0.2, 0.25) is 0 Å². The quantitative estimate of drug-likeness (QED) is 0.692. The first-order valence-corrected chi connectivity index (χ1v) is 11.7. The minimum atomic E-state index is -0.0570. The minimum absolute atomic E-state index is 0.0570. The molecule has 2 N–H and O–H groups in total. The molecule has 1 saturated heterocycles. The summed E-state index contributed by atoms with van der Waals surface area (Å²) in [5.41, 5.74) is 2.72. The number of amides is 2. The minimum Gasteiger partial charge on any atom is -0.495 e. The smallest absolute Gasteiger partial charge is 0.251 e. The third kappa shape index (κ3) is 5.42. The molecule has 1 saturated carbocycles. The third-order valence-electron chi connectivity index (χ3n) is 6.59. The maximum atomic E-state index is 12.8. The highest BCUT2D eigenvalue weighted by Crippen LogP contribution is 2.30. The highest BCUT2D eigenvalue weighted by molar-refractivity contribution is 5.94. The van der Waals surface area contributed by atoms with Crippen molar-refractivity contribution in [3.63, 3.8) is 0 Å². The lowest BCUT2D eigenvalue weighted by Gasteiger charge is -2.35. The number of nitrogens with one attached hydrogen (secondary N) is 2. The number of hydrogen-bond donors (Lipinski definition) is 2. The molecule has 2 aromatic carbocycles. The fraction of sp³-hybridized carbons (Fsp3) is 0.462. The molecule has 0 spiro atoms. The highest BCUT2D eigenvalue weighted by Gasteiger charge is 2.24. The second-order valence-electron chi connectivity index (χ2n) is 8.83. The molecule has 4 rings (SSSR count). The van der Waals surface area contributed by atoms with Crippen molar-refractivity contribution >= 4 is 17.5 Å². The zero-order chi connectivity index (χ0) is 22.3. The van der Waals surface area contributed by atoms with E-state index < -0.39 is 0 Å². The Kier molecular flexibility index (Phi) is 7.30. The molecule has 2 fully saturated rings. The van der Waals surface area contributed by atoms with Gasteiger partial charge in [0.15, 0.2) is 0 Å². The molecule has 32 heavy (non-hydrogen) atoms. The van der Waals surface area contributed by atoms with E-state index in [0.29, 0.717) is 12.1 Å². The molecule has 2 amide bonds. The van der Waals surface area contributed by atoms with Crippen molar-refractivity contribution < 1.29 is 14.3 Å². The lowest BCUT2D eigenvalue weighted by atomic mass is 10.0. The van der Waals surface area contributed by atoms with Crippen LogP contribution in [0.1, 0.15) is 54.4 Å². The van der Waals surface area contributed by atoms with Crippen molar-refractivity contribution in [2.24, 2.45) is 5.92 Å². The molecule has 170 valence electrons. The molecule has 0 aromatic heterocycles. The number of methoxy groups -OCH3 is 1. The van der Waals surface area contributed by atoms with Crippen molar-refractivity contribution in [2.45, 2.75) is 51.1 Å². The maximum absolute atomic E-state index is 12.8. The van der Waals surface area contributed by atoms with Crippen molar-refractivity contribution in [1.29, 1.82) is 0 Å². The van der Waals surface area contributed by atoms with Crippen LogP contribution in [-0.2, 0) is 11.3 Å². The Labute approximate surface area is 190 Å². The van der Waals surface area contributed by atoms with Crippen LogP contribution >= 0.6 is 0 Å². The van der Waals surface area contributed by atoms with Crippen LogP contribution in [0.15, 0.2) is 48.5 Å². The number of ether oxygens (including phenoxy) is 1. The van der Waals surface area contributed by atoms with Crippen LogP contribution < -0.4 is 20.3 Å². The van der Waals surface area contributed by atoms with Gasteiger partial charge < -0.3 is 20.3 Å². The summed E-state index contributed by atoms with van der Waals surface area (Å²) in [5, 5.41) is 6.22. The molecule has 1 heterocycles. The van der Waals surface area contributed by atoms with Gasteiger partial charge in [-0.3, -0.25) is 9.59 Å². The number of hydrogen-bond acceptors (Lipinski definition) is 4. The van der Waals surface area contributed by atoms with Crippen LogP contribution in [0.5, 0.6) is 5.75 Å². The van der Waals surface area contributed by atoms with Gasteiger partial charge >= 0.3 is 0 Å². The summed E-state index contributed by atoms with van der Waals surface area (Å²) >= 11 is 0. The van der Waals surface area contributed by atoms with Gasteiger partial charge in [-0.25, -0.2) is 0 Å². The first-order valence-electron chi connectivity index (χ1n) is 11.7. The van der Waals surface area contributed by atoms with Gasteiger partial charge in [-0.05, 0) is 55.5 Å². The predicted octanol–water partition coefficient (Wildman–Crippen LogP) is 3.90. The summed E-state index contributed by atoms with van der Waals surface area (Å²) in [6, 6.07) is 15.6. The molecular formula is C26H33N3O3. The SMILES string of the molecule is COc1ccccc1N1CCCC(NC(=O)c2ccc(CNC(=O)C3CCCC3)cc2)C1. The number of anilines is 1. The summed E-state index contributed by atoms with van der Waals surface area (Å²) < 4.78 is 5.50. The number of nitrogens with zero attached hydrogens (tertiary/aromatic N) is 1. The van der Waals surface area contributed by atoms with Gasteiger partial charge in [0.05, 0.1) is 12.8 Å². The molecule has 2 aromatic rings. The van der Waals surface area contributed by atoms with Gasteiger partial charge in [-0.15, -0.1) is 0 Å². The zero-order valence-corrected chi connectivity index (χ0v) is 18.8. The second kappa shape index (κ2) is 10.5. The summed E-state index contributed by atoms with van der Waals surface area (Å²) in [4.78, 5) is 27.3. The van der Waals surface area contributed by atoms with Gasteiger partial charge in [-0.2, -0.15) is 0 Å². The van der Waals surface area contributed by atoms with E-state index in [-0.39, 0.29) is 23.8 Å². The van der Waals surface area contributed by atoms with Crippen LogP contribution in [0, 0.1) is 5.92 Å². The fourth-order valence-electron chi connectivity index (χ4n) is 4.77. The Morgan fingerprint density at radius 2 is 1.75 bits per heavy atom. The molecule has 2 aliphatic rings. The van der Waals surface area contributed by atoms with Crippen molar-refractivity contribution in [2.75, 3.05) is 25.1 Å². The average Bonchev–Trinajstić information content (AvgIpc) is 3.38. The topological polar surface area (TPSA) is 70.7 Å². The van der Waals surface area contributed by atoms with Gasteiger partial charge in [0.2, 0.25) is 5.91 Å². The van der Waals surface area contributed by atoms with Gasteiger partial charge in [0.25, 0.3) is 5.91 Å². The van der Waals surface area contributed by atoms with Crippen molar-refractivity contribution in [1.82, 2.24) is 10.6 Å². The summed E-state index contributed by atoms with van der Waals surface area (Å²) in [6.45, 7) is 2.22. The van der Waals surface area contributed by atoms with Crippen LogP contribution in [-0.4, -0.2) is 38.1 Å². The number of benzene rings is 2. The maximum Gasteiger partial charge on any atom is 0.251 e. The Balaban J connectivity index is 1.30. The number of piperidine rings is 1. The zero-order valence-electron chi connectivity index (χ0n) is 18.8. The summed E-state index contributed by atoms with van der Waals surface area (Å²) in [5.74, 6) is 1.13. The lowest BCUT2D eigenvalue weighted by molar-refractivity contribution is -0.124. The van der Waals surface area contributed by atoms with Crippen LogP contribution in [0.4, 0.5) is 5.69 Å². The molecule has 0 bridgehead atoms. The molecular weight excluding hydrogens is 402 g/mol. The summed E-state index contributed by atoms with van der Waals surface area (Å²) in [6.07, 6.45) is 6.28. The fourth-order valence-corrected chi connectivity index (χ4v) is 4.77. The largest absolute Gasteiger partial charge is 0.495 e. The van der Waals surface area contributed by atoms with Crippen molar-refractivity contribution in [3.05, 3.63) is 59.7 Å². The second-order valence-corrected chi connectivity index (χ2v) is 8.83. The standard InChI is InChI=1S/C26H33N3O3/c1-32-24-11-5-4-10-23(24)29-16-6-9-22(18-29)28-26(31)21-14-12-19(13-15-21)17-27-25(30)20-7-2-3-8-20/h4-5,10-15,20,22H,2-3,6-9,16-18H2,1H3,(H,27,30)(H,28,31). The molecule has 1 aliphatic heterocycles. The van der Waals surface area contributed by atoms with E-state index >= 15 is 0 Å². The van der Waals surface area contributed by atoms with E-state index in [1.54, 1.807) is 7.11 Å². The van der Waals surface area contributed by atoms with E-state index in [2.05, 4.69) is 21.6 Å². The molecule has 6 nitrogen and oxygen atoms in total. The summed E-state index contributed by atoms with van der Waals surface area (Å²) in [7, 11) is 1.69. The highest BCUT2D eigenvalue weighted by atomic mass is 16.5. The molecule has 1 unspecified atom stereocenters. The lowest BCUT2D eigenvalue weighted by Crippen LogP contribution is -2.47. The molecule has 6 heteroatoms. The Morgan fingerprint density at radius 1 is 1.00 bits per heavy atom. The Hall–Kier alpha value is -3.02. The van der Waals surface area contributed by atoms with E-state index in [4.69, 9.17) is 4.74 Å². The average molecular weight is 436 g/mol. The first kappa shape index (κ1) is 22.2. The normalized spacial score (nSPS) is 18.9. The van der Waals surface area contributed by atoms with E-state index in [1.807, 2.05) is 42.5 Å². The number of rotatable bonds is 7. The van der Waals surface area contributed by atoms with Crippen LogP contribution in [0.25, 0.3) is 0 Å². The van der Waals surface area contributed by atoms with Gasteiger partial charge in [0, 0.05) is 37.2 Å². The predicted molar refractivity (Wildman–Crippen MR) is 126 cm³/mol. The monoisotopic (exact) mass is 435 g/mol. The number of carbonyl (C=O) groups is 2. The molecule has 1 aliphatic carbocycles. The van der Waals surface area contributed by atoms with E-state index in [1.165, 1.54) is 0 Å². The van der Waals surface area contributed by atoms with Crippen LogP contribution in [0.3, 0.4) is 0 Å². The van der Waals surface area contributed by atoms with Gasteiger partial charge in [-0.1, -0.05) is 37.1 Å². The van der Waals surface area contributed by atoms with E-state index in [9.17, 15) is 9.59 Å². The van der Waals surface area contributed by atoms with Crippen molar-refractivity contribution in [3.8, 4) is 5.75 Å². The Morgan fingerprint density at radius 3 is 2.50 bits per heavy atom. The van der Waals surface area contributed by atoms with E-state index in [0.717, 1.165) is 68.6 Å². The molecule has 1 atom stereocenters. The Bertz CT molecular complexity index is 922. The first-order chi connectivity index (χ1) is 15.6. The number of para-hydroxylation sites is 2. The number of carbonyl (C=O) groups excluding carboxylic acids is 2. The third-order valence-corrected chi connectivity index (χ3v) is 6.59. The molecule has 0 radical (unpaired) electrons. The van der Waals surface area contributed by atoms with Gasteiger partial charge in [0.1, 0.15) is 5.75 Å².